The highest BCUT2D eigenvalue weighted by Gasteiger charge is 2.37. The molecule has 0 atom stereocenters. The first kappa shape index (κ1) is 24.3. The van der Waals surface area contributed by atoms with Crippen LogP contribution in [0.3, 0.4) is 0 Å². The van der Waals surface area contributed by atoms with Gasteiger partial charge in [0.15, 0.2) is 0 Å². The highest BCUT2D eigenvalue weighted by Crippen LogP contribution is 2.34. The molecular weight excluding hydrogens is 476 g/mol. The van der Waals surface area contributed by atoms with Gasteiger partial charge in [-0.05, 0) is 60.9 Å². The largest absolute Gasteiger partial charge is 0.478 e. The summed E-state index contributed by atoms with van der Waals surface area (Å²) < 4.78 is 5.67. The molecule has 1 aromatic carbocycles. The van der Waals surface area contributed by atoms with E-state index in [0.29, 0.717) is 30.8 Å². The molecule has 2 aliphatic heterocycles. The molecule has 0 aliphatic carbocycles. The summed E-state index contributed by atoms with van der Waals surface area (Å²) in [5.74, 6) is -2.51. The Bertz CT molecular complexity index is 1220. The zero-order chi connectivity index (χ0) is 25.3. The number of hydrogen-bond acceptors (Lipinski definition) is 7. The van der Waals surface area contributed by atoms with E-state index in [9.17, 15) is 34.2 Å². The van der Waals surface area contributed by atoms with E-state index in [2.05, 4.69) is 6.92 Å². The topological polar surface area (TPSA) is 145 Å². The summed E-state index contributed by atoms with van der Waals surface area (Å²) in [5, 5.41) is 18.0. The molecule has 0 saturated carbocycles. The number of amides is 3. The summed E-state index contributed by atoms with van der Waals surface area (Å²) >= 11 is 0.696. The summed E-state index contributed by atoms with van der Waals surface area (Å²) in [4.78, 5) is 63.1. The number of hydrogen-bond donors (Lipinski definition) is 2. The number of thioether (sulfide) groups is 1. The van der Waals surface area contributed by atoms with E-state index in [4.69, 9.17) is 4.42 Å². The fourth-order valence-corrected chi connectivity index (χ4v) is 4.68. The van der Waals surface area contributed by atoms with Crippen LogP contribution in [0, 0.1) is 5.92 Å². The zero-order valence-corrected chi connectivity index (χ0v) is 19.5. The van der Waals surface area contributed by atoms with E-state index in [1.165, 1.54) is 30.3 Å². The van der Waals surface area contributed by atoms with E-state index in [0.717, 1.165) is 23.8 Å². The lowest BCUT2D eigenvalue weighted by Gasteiger charge is -2.31. The van der Waals surface area contributed by atoms with E-state index in [1.807, 2.05) is 0 Å². The Morgan fingerprint density at radius 2 is 1.69 bits per heavy atom. The molecule has 3 heterocycles. The van der Waals surface area contributed by atoms with Crippen molar-refractivity contribution >= 4 is 46.8 Å². The van der Waals surface area contributed by atoms with E-state index in [1.54, 1.807) is 4.90 Å². The van der Waals surface area contributed by atoms with E-state index < -0.39 is 23.1 Å². The second kappa shape index (κ2) is 9.79. The van der Waals surface area contributed by atoms with Crippen LogP contribution in [0.25, 0.3) is 17.4 Å². The lowest BCUT2D eigenvalue weighted by molar-refractivity contribution is -0.136. The maximum Gasteiger partial charge on any atom is 0.335 e. The number of carboxylic acids is 2. The Kier molecular flexibility index (Phi) is 6.79. The molecule has 2 fully saturated rings. The van der Waals surface area contributed by atoms with Crippen LogP contribution >= 0.6 is 11.8 Å². The van der Waals surface area contributed by atoms with Crippen molar-refractivity contribution < 1.29 is 38.6 Å². The van der Waals surface area contributed by atoms with Crippen LogP contribution in [0.1, 0.15) is 46.2 Å². The van der Waals surface area contributed by atoms with Gasteiger partial charge < -0.3 is 19.5 Å². The number of imide groups is 1. The molecule has 2 saturated heterocycles. The number of furan rings is 1. The van der Waals surface area contributed by atoms with Gasteiger partial charge in [-0.2, -0.15) is 0 Å². The second-order valence-corrected chi connectivity index (χ2v) is 9.44. The second-order valence-electron chi connectivity index (χ2n) is 8.44. The molecule has 182 valence electrons. The fourth-order valence-electron chi connectivity index (χ4n) is 3.86. The van der Waals surface area contributed by atoms with Crippen LogP contribution in [0.15, 0.2) is 39.7 Å². The molecule has 0 unspecified atom stereocenters. The molecule has 0 radical (unpaired) electrons. The highest BCUT2D eigenvalue weighted by atomic mass is 32.2. The van der Waals surface area contributed by atoms with Gasteiger partial charge in [0, 0.05) is 24.7 Å². The van der Waals surface area contributed by atoms with Gasteiger partial charge in [0.2, 0.25) is 5.91 Å². The Balaban J connectivity index is 1.51. The van der Waals surface area contributed by atoms with Crippen molar-refractivity contribution in [1.82, 2.24) is 9.80 Å². The van der Waals surface area contributed by atoms with Crippen molar-refractivity contribution in [3.05, 3.63) is 52.1 Å². The SMILES string of the molecule is CC1CCN(C(=O)CN2C(=O)S/C(=C/c3ccc(-c4cc(C(=O)O)cc(C(=O)O)c4)o3)C2=O)CC1. The fraction of sp³-hybridized carbons (Fsp3) is 0.292. The monoisotopic (exact) mass is 498 g/mol. The first-order valence-electron chi connectivity index (χ1n) is 10.9. The van der Waals surface area contributed by atoms with Crippen LogP contribution in [0.4, 0.5) is 4.79 Å². The molecule has 4 rings (SSSR count). The molecule has 0 bridgehead atoms. The third-order valence-corrected chi connectivity index (χ3v) is 6.82. The number of carbonyl (C=O) groups is 5. The Hall–Kier alpha value is -3.86. The van der Waals surface area contributed by atoms with E-state index >= 15 is 0 Å². The number of carboxylic acid groups (broad SMARTS) is 2. The molecule has 2 aromatic rings. The van der Waals surface area contributed by atoms with Crippen LogP contribution in [0.2, 0.25) is 0 Å². The first-order chi connectivity index (χ1) is 16.6. The maximum atomic E-state index is 12.8. The van der Waals surface area contributed by atoms with Crippen molar-refractivity contribution in [1.29, 1.82) is 0 Å². The summed E-state index contributed by atoms with van der Waals surface area (Å²) in [6.45, 7) is 3.01. The smallest absolute Gasteiger partial charge is 0.335 e. The van der Waals surface area contributed by atoms with Gasteiger partial charge in [-0.25, -0.2) is 9.59 Å². The Morgan fingerprint density at radius 3 is 2.29 bits per heavy atom. The molecule has 11 heteroatoms. The predicted molar refractivity (Wildman–Crippen MR) is 126 cm³/mol. The van der Waals surface area contributed by atoms with Gasteiger partial charge in [-0.1, -0.05) is 6.92 Å². The number of rotatable bonds is 6. The van der Waals surface area contributed by atoms with E-state index in [-0.39, 0.29) is 45.6 Å². The quantitative estimate of drug-likeness (QED) is 0.570. The summed E-state index contributed by atoms with van der Waals surface area (Å²) in [6.07, 6.45) is 3.13. The average Bonchev–Trinajstić information content (AvgIpc) is 3.39. The van der Waals surface area contributed by atoms with Gasteiger partial charge in [0.1, 0.15) is 18.1 Å². The summed E-state index contributed by atoms with van der Waals surface area (Å²) in [6, 6.07) is 6.61. The summed E-state index contributed by atoms with van der Waals surface area (Å²) in [7, 11) is 0. The molecule has 10 nitrogen and oxygen atoms in total. The lowest BCUT2D eigenvalue weighted by Crippen LogP contribution is -2.45. The third kappa shape index (κ3) is 5.29. The van der Waals surface area contributed by atoms with Crippen molar-refractivity contribution in [2.45, 2.75) is 19.8 Å². The van der Waals surface area contributed by atoms with Gasteiger partial charge >= 0.3 is 11.9 Å². The molecule has 1 aromatic heterocycles. The van der Waals surface area contributed by atoms with Crippen LogP contribution < -0.4 is 0 Å². The first-order valence-corrected chi connectivity index (χ1v) is 11.7. The minimum atomic E-state index is -1.29. The number of nitrogens with zero attached hydrogens (tertiary/aromatic N) is 2. The highest BCUT2D eigenvalue weighted by molar-refractivity contribution is 8.18. The molecule has 0 spiro atoms. The van der Waals surface area contributed by atoms with Crippen molar-refractivity contribution in [3.63, 3.8) is 0 Å². The molecule has 2 aliphatic rings. The lowest BCUT2D eigenvalue weighted by atomic mass is 9.99. The van der Waals surface area contributed by atoms with Crippen LogP contribution in [-0.2, 0) is 9.59 Å². The third-order valence-electron chi connectivity index (χ3n) is 5.91. The minimum Gasteiger partial charge on any atom is -0.478 e. The van der Waals surface area contributed by atoms with Gasteiger partial charge in [-0.3, -0.25) is 19.3 Å². The molecule has 3 amide bonds. The number of piperidine rings is 1. The summed E-state index contributed by atoms with van der Waals surface area (Å²) in [5.41, 5.74) is -0.199. The number of aromatic carboxylic acids is 2. The van der Waals surface area contributed by atoms with Crippen molar-refractivity contribution in [2.75, 3.05) is 19.6 Å². The predicted octanol–water partition coefficient (Wildman–Crippen LogP) is 3.64. The van der Waals surface area contributed by atoms with Crippen LogP contribution in [0.5, 0.6) is 0 Å². The number of carbonyl (C=O) groups excluding carboxylic acids is 3. The maximum absolute atomic E-state index is 12.8. The minimum absolute atomic E-state index is 0.0847. The Labute approximate surface area is 204 Å². The zero-order valence-electron chi connectivity index (χ0n) is 18.7. The Morgan fingerprint density at radius 1 is 1.06 bits per heavy atom. The van der Waals surface area contributed by atoms with Crippen molar-refractivity contribution in [3.8, 4) is 11.3 Å². The van der Waals surface area contributed by atoms with Crippen molar-refractivity contribution in [2.24, 2.45) is 5.92 Å². The molecule has 2 N–H and O–H groups in total. The normalized spacial score (nSPS) is 17.9. The van der Waals surface area contributed by atoms with Gasteiger partial charge in [-0.15, -0.1) is 0 Å². The van der Waals surface area contributed by atoms with Crippen LogP contribution in [-0.4, -0.2) is 68.6 Å². The molecule has 35 heavy (non-hydrogen) atoms. The van der Waals surface area contributed by atoms with Gasteiger partial charge in [0.25, 0.3) is 11.1 Å². The molecular formula is C24H22N2O8S. The standard InChI is InChI=1S/C24H22N2O8S/c1-13-4-6-25(7-5-13)20(27)12-26-21(28)19(35-24(26)33)11-17-2-3-18(34-17)14-8-15(22(29)30)10-16(9-14)23(31)32/h2-3,8-11,13H,4-7,12H2,1H3,(H,29,30)(H,31,32)/b19-11+. The number of benzene rings is 1. The average molecular weight is 499 g/mol. The number of likely N-dealkylation sites (tertiary alicyclic amines) is 1. The van der Waals surface area contributed by atoms with Gasteiger partial charge in [0.05, 0.1) is 16.0 Å².